The van der Waals surface area contributed by atoms with Gasteiger partial charge in [0, 0.05) is 0 Å². The van der Waals surface area contributed by atoms with Crippen molar-refractivity contribution >= 4 is 0 Å². The van der Waals surface area contributed by atoms with Crippen molar-refractivity contribution in [2.24, 2.45) is 0 Å². The minimum Gasteiger partial charge on any atom is -1.00 e. The zero-order valence-corrected chi connectivity index (χ0v) is 14.1. The third kappa shape index (κ3) is 4.42. The predicted molar refractivity (Wildman–Crippen MR) is 52.9 cm³/mol. The third-order valence-corrected chi connectivity index (χ3v) is 7.22. The molecule has 0 unspecified atom stereocenters. The predicted octanol–water partition coefficient (Wildman–Crippen LogP) is -2.46. The summed E-state index contributed by atoms with van der Waals surface area (Å²) in [6.45, 7) is 4.42. The van der Waals surface area contributed by atoms with Crippen LogP contribution in [-0.2, 0) is 22.9 Å². The molecule has 0 saturated heterocycles. The van der Waals surface area contributed by atoms with Gasteiger partial charge in [0.15, 0.2) is 0 Å². The Morgan fingerprint density at radius 3 is 1.53 bits per heavy atom. The number of hydrogen-bond donors (Lipinski definition) is 0. The molecule has 2 rings (SSSR count). The van der Waals surface area contributed by atoms with Crippen LogP contribution in [-0.4, -0.2) is 0 Å². The number of hydrogen-bond acceptors (Lipinski definition) is 0. The summed E-state index contributed by atoms with van der Waals surface area (Å²) in [5, 5.41) is 0. The largest absolute Gasteiger partial charge is 1.00 e. The summed E-state index contributed by atoms with van der Waals surface area (Å²) in [6.07, 6.45) is 12.1. The summed E-state index contributed by atoms with van der Waals surface area (Å²) >= 11 is -0.587. The second kappa shape index (κ2) is 6.88. The van der Waals surface area contributed by atoms with Gasteiger partial charge in [-0.25, -0.2) is 0 Å². The Kier molecular flexibility index (Phi) is 7.07. The van der Waals surface area contributed by atoms with Gasteiger partial charge in [-0.1, -0.05) is 0 Å². The van der Waals surface area contributed by atoms with Gasteiger partial charge < -0.3 is 24.8 Å². The Bertz CT molecular complexity index is 315. The fourth-order valence-corrected chi connectivity index (χ4v) is 6.81. The number of halogens is 2. The normalized spacial score (nSPS) is 17.7. The molecule has 0 atom stereocenters. The zero-order valence-electron chi connectivity index (χ0n) is 8.98. The molecule has 0 aromatic carbocycles. The van der Waals surface area contributed by atoms with E-state index in [0.29, 0.717) is 0 Å². The van der Waals surface area contributed by atoms with Crippen LogP contribution in [0.15, 0.2) is 42.1 Å². The maximum absolute atomic E-state index is 2.41. The van der Waals surface area contributed by atoms with E-state index in [1.54, 1.807) is 6.66 Å². The van der Waals surface area contributed by atoms with Crippen LogP contribution < -0.4 is 24.8 Å². The van der Waals surface area contributed by atoms with Crippen molar-refractivity contribution in [3.05, 3.63) is 42.1 Å². The van der Waals surface area contributed by atoms with E-state index in [1.807, 2.05) is 0 Å². The fraction of sp³-hybridized carbons (Fsp3) is 0.333. The fourth-order valence-electron chi connectivity index (χ4n) is 1.71. The molecule has 2 aliphatic rings. The molecule has 0 aliphatic heterocycles. The second-order valence-electron chi connectivity index (χ2n) is 3.77. The van der Waals surface area contributed by atoms with Crippen LogP contribution in [0.1, 0.15) is 26.7 Å². The molecule has 0 radical (unpaired) electrons. The van der Waals surface area contributed by atoms with Gasteiger partial charge >= 0.3 is 91.7 Å². The van der Waals surface area contributed by atoms with E-state index < -0.39 is 22.9 Å². The minimum atomic E-state index is -0.587. The van der Waals surface area contributed by atoms with Crippen LogP contribution in [0.2, 0.25) is 0 Å². The average molecular weight is 408 g/mol. The van der Waals surface area contributed by atoms with Crippen LogP contribution in [0.5, 0.6) is 0 Å². The molecule has 0 spiro atoms. The molecular formula is C12H14Cl2Hf. The van der Waals surface area contributed by atoms with Gasteiger partial charge in [-0.05, 0) is 0 Å². The summed E-state index contributed by atoms with van der Waals surface area (Å²) in [7, 11) is 0. The van der Waals surface area contributed by atoms with E-state index in [2.05, 4.69) is 38.2 Å². The van der Waals surface area contributed by atoms with Crippen molar-refractivity contribution < 1.29 is 47.7 Å². The molecule has 3 heteroatoms. The van der Waals surface area contributed by atoms with Gasteiger partial charge in [-0.15, -0.1) is 0 Å². The van der Waals surface area contributed by atoms with Crippen molar-refractivity contribution in [3.8, 4) is 0 Å². The molecule has 0 fully saturated rings. The van der Waals surface area contributed by atoms with Gasteiger partial charge in [0.2, 0.25) is 0 Å². The molecule has 0 saturated carbocycles. The number of rotatable bonds is 2. The van der Waals surface area contributed by atoms with Crippen LogP contribution in [0.25, 0.3) is 0 Å². The monoisotopic (exact) mass is 408 g/mol. The van der Waals surface area contributed by atoms with Crippen LogP contribution in [0.4, 0.5) is 0 Å². The standard InChI is InChI=1S/2C6H7.2ClH.Hf/c2*1-6-4-2-3-5-6;;;/h2*4-5H,2H2,1H3;2*1H;/q;;;;+2/p-2. The molecule has 2 aliphatic carbocycles. The molecule has 15 heavy (non-hydrogen) atoms. The van der Waals surface area contributed by atoms with Crippen molar-refractivity contribution in [1.29, 1.82) is 0 Å². The maximum atomic E-state index is 2.41. The van der Waals surface area contributed by atoms with E-state index in [4.69, 9.17) is 0 Å². The van der Waals surface area contributed by atoms with Crippen molar-refractivity contribution in [3.63, 3.8) is 0 Å². The average Bonchev–Trinajstić information content (AvgIpc) is 2.62. The second-order valence-corrected chi connectivity index (χ2v) is 9.28. The van der Waals surface area contributed by atoms with Gasteiger partial charge in [0.05, 0.1) is 0 Å². The summed E-state index contributed by atoms with van der Waals surface area (Å²) < 4.78 is 3.54. The van der Waals surface area contributed by atoms with Crippen molar-refractivity contribution in [1.82, 2.24) is 0 Å². The number of allylic oxidation sites excluding steroid dienone is 8. The third-order valence-electron chi connectivity index (χ3n) is 2.41. The Balaban J connectivity index is 0.000000980. The van der Waals surface area contributed by atoms with Crippen LogP contribution in [0, 0.1) is 0 Å². The van der Waals surface area contributed by atoms with E-state index in [-0.39, 0.29) is 24.8 Å². The maximum Gasteiger partial charge on any atom is -1.00 e. The molecule has 0 N–H and O–H groups in total. The van der Waals surface area contributed by atoms with Gasteiger partial charge in [0.1, 0.15) is 0 Å². The Morgan fingerprint density at radius 2 is 1.27 bits per heavy atom. The molecule has 0 nitrogen and oxygen atoms in total. The Labute approximate surface area is 116 Å². The van der Waals surface area contributed by atoms with Crippen molar-refractivity contribution in [2.75, 3.05) is 0 Å². The smallest absolute Gasteiger partial charge is 1.00 e. The Hall–Kier alpha value is 0.410. The quantitative estimate of drug-likeness (QED) is 0.446. The van der Waals surface area contributed by atoms with E-state index in [0.717, 1.165) is 0 Å². The summed E-state index contributed by atoms with van der Waals surface area (Å²) in [4.78, 5) is 0. The molecule has 0 amide bonds. The first-order valence-corrected chi connectivity index (χ1v) is 8.35. The summed E-state index contributed by atoms with van der Waals surface area (Å²) in [6, 6.07) is 0. The van der Waals surface area contributed by atoms with Crippen molar-refractivity contribution in [2.45, 2.75) is 26.7 Å². The molecule has 0 heterocycles. The molecular weight excluding hydrogens is 394 g/mol. The molecule has 0 aromatic rings. The van der Waals surface area contributed by atoms with E-state index >= 15 is 0 Å². The summed E-state index contributed by atoms with van der Waals surface area (Å²) in [5.74, 6) is 0. The first-order chi connectivity index (χ1) is 6.24. The van der Waals surface area contributed by atoms with Gasteiger partial charge in [0.25, 0.3) is 0 Å². The minimum absolute atomic E-state index is 0. The molecule has 0 bridgehead atoms. The zero-order chi connectivity index (χ0) is 9.26. The van der Waals surface area contributed by atoms with Crippen LogP contribution >= 0.6 is 0 Å². The summed E-state index contributed by atoms with van der Waals surface area (Å²) in [5.41, 5.74) is 2.96. The first kappa shape index (κ1) is 15.4. The topological polar surface area (TPSA) is 0 Å². The van der Waals surface area contributed by atoms with Crippen LogP contribution in [0.3, 0.4) is 0 Å². The van der Waals surface area contributed by atoms with E-state index in [9.17, 15) is 0 Å². The first-order valence-electron chi connectivity index (χ1n) is 4.76. The molecule has 0 aromatic heterocycles. The van der Waals surface area contributed by atoms with Gasteiger partial charge in [-0.2, -0.15) is 0 Å². The SMILES string of the molecule is CC1=CC[C]([Hf+2][C]2=CC(C)=CC2)=C1.[Cl-].[Cl-]. The Morgan fingerprint density at radius 1 is 0.867 bits per heavy atom. The van der Waals surface area contributed by atoms with E-state index in [1.165, 1.54) is 24.0 Å². The van der Waals surface area contributed by atoms with Gasteiger partial charge in [-0.3, -0.25) is 0 Å². The molecule has 80 valence electrons.